The smallest absolute Gasteiger partial charge is 0.348 e. The average molecular weight is 597 g/mol. The van der Waals surface area contributed by atoms with Crippen LogP contribution >= 0.6 is 27.5 Å². The summed E-state index contributed by atoms with van der Waals surface area (Å²) in [5.74, 6) is -0.913. The molecule has 35 heavy (non-hydrogen) atoms. The zero-order chi connectivity index (χ0) is 26.0. The van der Waals surface area contributed by atoms with E-state index in [1.165, 1.54) is 31.2 Å². The van der Waals surface area contributed by atoms with E-state index in [2.05, 4.69) is 26.6 Å². The SMILES string of the molecule is CCS(=O)(=O)c1ccc(Cl)cc1CNC(=O)c1cc(Br)c(CN2CC[C@H](NC)C2)c(C(F)(F)F)c1. The van der Waals surface area contributed by atoms with Crippen LogP contribution in [0, 0.1) is 0 Å². The molecule has 1 heterocycles. The number of sulfone groups is 1. The third-order valence-corrected chi connectivity index (χ3v) is 8.77. The number of nitrogens with zero attached hydrogens (tertiary/aromatic N) is 1. The van der Waals surface area contributed by atoms with Gasteiger partial charge in [0.2, 0.25) is 0 Å². The highest BCUT2D eigenvalue weighted by Crippen LogP contribution is 2.37. The number of hydrogen-bond donors (Lipinski definition) is 2. The van der Waals surface area contributed by atoms with Gasteiger partial charge in [0.1, 0.15) is 0 Å². The van der Waals surface area contributed by atoms with Crippen LogP contribution in [0.25, 0.3) is 0 Å². The predicted molar refractivity (Wildman–Crippen MR) is 132 cm³/mol. The molecule has 0 aliphatic carbocycles. The van der Waals surface area contributed by atoms with Crippen molar-refractivity contribution in [2.24, 2.45) is 0 Å². The fourth-order valence-corrected chi connectivity index (χ4v) is 5.94. The van der Waals surface area contributed by atoms with Gasteiger partial charge in [-0.2, -0.15) is 13.2 Å². The van der Waals surface area contributed by atoms with Crippen molar-refractivity contribution in [3.05, 3.63) is 62.1 Å². The zero-order valence-corrected chi connectivity index (χ0v) is 22.3. The van der Waals surface area contributed by atoms with Gasteiger partial charge in [0.05, 0.1) is 16.2 Å². The maximum absolute atomic E-state index is 13.9. The molecule has 1 aliphatic rings. The van der Waals surface area contributed by atoms with Crippen molar-refractivity contribution in [3.63, 3.8) is 0 Å². The lowest BCUT2D eigenvalue weighted by molar-refractivity contribution is -0.138. The first kappa shape index (κ1) is 27.9. The molecule has 0 spiro atoms. The minimum absolute atomic E-state index is 0.0164. The molecule has 192 valence electrons. The summed E-state index contributed by atoms with van der Waals surface area (Å²) in [7, 11) is -1.77. The molecule has 3 rings (SSSR count). The fourth-order valence-electron chi connectivity index (χ4n) is 4.04. The van der Waals surface area contributed by atoms with Gasteiger partial charge >= 0.3 is 6.18 Å². The molecule has 1 amide bonds. The van der Waals surface area contributed by atoms with E-state index in [0.29, 0.717) is 13.1 Å². The molecule has 0 radical (unpaired) electrons. The maximum Gasteiger partial charge on any atom is 0.416 e. The van der Waals surface area contributed by atoms with E-state index in [1.807, 2.05) is 11.9 Å². The van der Waals surface area contributed by atoms with Crippen LogP contribution < -0.4 is 10.6 Å². The molecular weight excluding hydrogens is 571 g/mol. The number of likely N-dealkylation sites (N-methyl/N-ethyl adjacent to an activating group) is 1. The first-order chi connectivity index (χ1) is 16.4. The van der Waals surface area contributed by atoms with Crippen LogP contribution in [-0.4, -0.2) is 51.2 Å². The summed E-state index contributed by atoms with van der Waals surface area (Å²) in [6.45, 7) is 2.67. The first-order valence-corrected chi connectivity index (χ1v) is 13.8. The molecule has 1 atom stereocenters. The molecule has 1 aliphatic heterocycles. The minimum atomic E-state index is -4.66. The Morgan fingerprint density at radius 2 is 1.97 bits per heavy atom. The van der Waals surface area contributed by atoms with E-state index in [4.69, 9.17) is 11.6 Å². The molecular formula is C23H26BrClF3N3O3S. The number of amides is 1. The lowest BCUT2D eigenvalue weighted by atomic mass is 10.0. The van der Waals surface area contributed by atoms with Crippen LogP contribution in [0.2, 0.25) is 5.02 Å². The fraction of sp³-hybridized carbons (Fsp3) is 0.435. The van der Waals surface area contributed by atoms with E-state index in [9.17, 15) is 26.4 Å². The molecule has 1 fully saturated rings. The number of benzene rings is 2. The summed E-state index contributed by atoms with van der Waals surface area (Å²) in [5, 5.41) is 5.93. The highest BCUT2D eigenvalue weighted by molar-refractivity contribution is 9.10. The Bertz CT molecular complexity index is 1210. The summed E-state index contributed by atoms with van der Waals surface area (Å²) in [5.41, 5.74) is -0.754. The maximum atomic E-state index is 13.9. The lowest BCUT2D eigenvalue weighted by Crippen LogP contribution is -2.30. The molecule has 0 saturated carbocycles. The van der Waals surface area contributed by atoms with Crippen LogP contribution in [0.5, 0.6) is 0 Å². The van der Waals surface area contributed by atoms with Crippen molar-refractivity contribution in [2.45, 2.75) is 43.5 Å². The highest BCUT2D eigenvalue weighted by Gasteiger charge is 2.36. The Hall–Kier alpha value is -1.66. The summed E-state index contributed by atoms with van der Waals surface area (Å²) in [4.78, 5) is 14.8. The second-order valence-corrected chi connectivity index (χ2v) is 11.9. The summed E-state index contributed by atoms with van der Waals surface area (Å²) in [6, 6.07) is 6.61. The number of rotatable bonds is 8. The van der Waals surface area contributed by atoms with Gasteiger partial charge in [-0.1, -0.05) is 34.5 Å². The van der Waals surface area contributed by atoms with Gasteiger partial charge in [-0.15, -0.1) is 0 Å². The zero-order valence-electron chi connectivity index (χ0n) is 19.2. The van der Waals surface area contributed by atoms with Gasteiger partial charge in [0, 0.05) is 47.3 Å². The number of likely N-dealkylation sites (tertiary alicyclic amines) is 1. The van der Waals surface area contributed by atoms with Gasteiger partial charge in [0.15, 0.2) is 9.84 Å². The van der Waals surface area contributed by atoms with Crippen LogP contribution in [0.1, 0.15) is 40.4 Å². The molecule has 0 unspecified atom stereocenters. The number of hydrogen-bond acceptors (Lipinski definition) is 5. The Morgan fingerprint density at radius 1 is 1.26 bits per heavy atom. The molecule has 1 saturated heterocycles. The number of carbonyl (C=O) groups is 1. The molecule has 6 nitrogen and oxygen atoms in total. The molecule has 12 heteroatoms. The Morgan fingerprint density at radius 3 is 2.57 bits per heavy atom. The third-order valence-electron chi connectivity index (χ3n) is 6.00. The van der Waals surface area contributed by atoms with Gasteiger partial charge in [-0.3, -0.25) is 9.69 Å². The Balaban J connectivity index is 1.86. The summed E-state index contributed by atoms with van der Waals surface area (Å²) >= 11 is 9.22. The van der Waals surface area contributed by atoms with Gasteiger partial charge in [-0.05, 0) is 54.9 Å². The van der Waals surface area contributed by atoms with Crippen molar-refractivity contribution in [3.8, 4) is 0 Å². The van der Waals surface area contributed by atoms with E-state index in [1.54, 1.807) is 0 Å². The van der Waals surface area contributed by atoms with Crippen molar-refractivity contribution in [1.29, 1.82) is 0 Å². The highest BCUT2D eigenvalue weighted by atomic mass is 79.9. The van der Waals surface area contributed by atoms with E-state index in [0.717, 1.165) is 12.5 Å². The third kappa shape index (κ3) is 6.76. The topological polar surface area (TPSA) is 78.5 Å². The largest absolute Gasteiger partial charge is 0.416 e. The summed E-state index contributed by atoms with van der Waals surface area (Å²) < 4.78 is 66.8. The van der Waals surface area contributed by atoms with Crippen molar-refractivity contribution < 1.29 is 26.4 Å². The van der Waals surface area contributed by atoms with Crippen molar-refractivity contribution >= 4 is 43.3 Å². The lowest BCUT2D eigenvalue weighted by Gasteiger charge is -2.22. The van der Waals surface area contributed by atoms with Gasteiger partial charge < -0.3 is 10.6 Å². The van der Waals surface area contributed by atoms with Crippen LogP contribution in [0.15, 0.2) is 39.7 Å². The molecule has 2 aromatic rings. The van der Waals surface area contributed by atoms with Crippen molar-refractivity contribution in [1.82, 2.24) is 15.5 Å². The standard InChI is InChI=1S/C23H26BrClF3N3O3S/c1-3-35(33,34)21-5-4-16(25)8-15(21)11-30-22(32)14-9-19(23(26,27)28)18(20(24)10-14)13-31-7-6-17(12-31)29-2/h4-5,8-10,17,29H,3,6-7,11-13H2,1-2H3,(H,30,32)/t17-/m0/s1. The molecule has 0 aromatic heterocycles. The van der Waals surface area contributed by atoms with Crippen molar-refractivity contribution in [2.75, 3.05) is 25.9 Å². The number of carbonyl (C=O) groups excluding carboxylic acids is 1. The minimum Gasteiger partial charge on any atom is -0.348 e. The predicted octanol–water partition coefficient (Wildman–Crippen LogP) is 4.64. The average Bonchev–Trinajstić information content (AvgIpc) is 3.25. The van der Waals surface area contributed by atoms with Crippen LogP contribution in [-0.2, 0) is 29.1 Å². The van der Waals surface area contributed by atoms with E-state index in [-0.39, 0.29) is 56.0 Å². The quantitative estimate of drug-likeness (QED) is 0.465. The van der Waals surface area contributed by atoms with E-state index < -0.39 is 27.5 Å². The second-order valence-electron chi connectivity index (χ2n) is 8.33. The number of halogens is 5. The molecule has 0 bridgehead atoms. The number of alkyl halides is 3. The van der Waals surface area contributed by atoms with Gasteiger partial charge in [-0.25, -0.2) is 8.42 Å². The van der Waals surface area contributed by atoms with Crippen LogP contribution in [0.4, 0.5) is 13.2 Å². The summed E-state index contributed by atoms with van der Waals surface area (Å²) in [6.07, 6.45) is -3.82. The normalized spacial score (nSPS) is 17.1. The first-order valence-electron chi connectivity index (χ1n) is 10.9. The Labute approximate surface area is 216 Å². The van der Waals surface area contributed by atoms with E-state index >= 15 is 0 Å². The Kier molecular flexibility index (Phi) is 8.91. The second kappa shape index (κ2) is 11.2. The molecule has 2 aromatic carbocycles. The molecule has 2 N–H and O–H groups in total. The van der Waals surface area contributed by atoms with Gasteiger partial charge in [0.25, 0.3) is 5.91 Å². The van der Waals surface area contributed by atoms with Crippen LogP contribution in [0.3, 0.4) is 0 Å². The number of nitrogens with one attached hydrogen (secondary N) is 2. The monoisotopic (exact) mass is 595 g/mol.